The molecule has 0 radical (unpaired) electrons. The Morgan fingerprint density at radius 2 is 2.00 bits per heavy atom. The van der Waals surface area contributed by atoms with E-state index in [0.717, 1.165) is 18.5 Å². The minimum Gasteiger partial charge on any atom is -0.493 e. The van der Waals surface area contributed by atoms with Gasteiger partial charge in [-0.3, -0.25) is 0 Å². The van der Waals surface area contributed by atoms with Crippen LogP contribution in [0.5, 0.6) is 11.5 Å². The van der Waals surface area contributed by atoms with Crippen LogP contribution in [0.1, 0.15) is 25.8 Å². The van der Waals surface area contributed by atoms with Gasteiger partial charge in [0.05, 0.1) is 25.9 Å². The second-order valence-corrected chi connectivity index (χ2v) is 5.08. The average Bonchev–Trinajstić information content (AvgIpc) is 2.50. The van der Waals surface area contributed by atoms with Gasteiger partial charge in [0.15, 0.2) is 11.5 Å². The molecule has 3 N–H and O–H groups in total. The molecule has 0 spiro atoms. The molecule has 0 aromatic heterocycles. The van der Waals surface area contributed by atoms with Gasteiger partial charge in [-0.25, -0.2) is 0 Å². The van der Waals surface area contributed by atoms with Gasteiger partial charge in [0.25, 0.3) is 0 Å². The highest BCUT2D eigenvalue weighted by Gasteiger charge is 2.24. The zero-order valence-corrected chi connectivity index (χ0v) is 12.5. The van der Waals surface area contributed by atoms with E-state index in [4.69, 9.17) is 14.6 Å². The van der Waals surface area contributed by atoms with Crippen LogP contribution in [0, 0.1) is 0 Å². The van der Waals surface area contributed by atoms with Gasteiger partial charge in [-0.1, -0.05) is 13.0 Å². The highest BCUT2D eigenvalue weighted by Crippen LogP contribution is 2.28. The molecule has 1 atom stereocenters. The van der Waals surface area contributed by atoms with Gasteiger partial charge in [0.1, 0.15) is 6.61 Å². The quantitative estimate of drug-likeness (QED) is 0.637. The third-order valence-electron chi connectivity index (χ3n) is 3.11. The summed E-state index contributed by atoms with van der Waals surface area (Å²) in [6.45, 7) is 5.09. The van der Waals surface area contributed by atoms with E-state index in [1.807, 2.05) is 6.92 Å². The lowest BCUT2D eigenvalue weighted by atomic mass is 10.1. The Bertz CT molecular complexity index is 411. The summed E-state index contributed by atoms with van der Waals surface area (Å²) in [5, 5.41) is 21.9. The van der Waals surface area contributed by atoms with Gasteiger partial charge in [-0.2, -0.15) is 0 Å². The Kier molecular flexibility index (Phi) is 6.78. The molecular weight excluding hydrogens is 258 g/mol. The summed E-state index contributed by atoms with van der Waals surface area (Å²) >= 11 is 0. The van der Waals surface area contributed by atoms with E-state index in [2.05, 4.69) is 12.2 Å². The van der Waals surface area contributed by atoms with Crippen molar-refractivity contribution in [2.45, 2.75) is 32.4 Å². The first-order chi connectivity index (χ1) is 9.58. The molecule has 0 fully saturated rings. The highest BCUT2D eigenvalue weighted by atomic mass is 16.5. The number of aliphatic hydroxyl groups is 2. The van der Waals surface area contributed by atoms with Crippen molar-refractivity contribution in [3.63, 3.8) is 0 Å². The lowest BCUT2D eigenvalue weighted by molar-refractivity contribution is 0.114. The van der Waals surface area contributed by atoms with Crippen molar-refractivity contribution in [1.29, 1.82) is 0 Å². The predicted molar refractivity (Wildman–Crippen MR) is 78.2 cm³/mol. The van der Waals surface area contributed by atoms with Crippen molar-refractivity contribution in [1.82, 2.24) is 5.32 Å². The van der Waals surface area contributed by atoms with Crippen LogP contribution in [0.15, 0.2) is 18.2 Å². The molecule has 0 saturated carbocycles. The lowest BCUT2D eigenvalue weighted by Gasteiger charge is -2.29. The Morgan fingerprint density at radius 1 is 1.25 bits per heavy atom. The topological polar surface area (TPSA) is 71.0 Å². The first-order valence-corrected chi connectivity index (χ1v) is 6.85. The number of benzene rings is 1. The maximum atomic E-state index is 9.49. The smallest absolute Gasteiger partial charge is 0.161 e. The van der Waals surface area contributed by atoms with E-state index >= 15 is 0 Å². The lowest BCUT2D eigenvalue weighted by Crippen LogP contribution is -2.50. The fourth-order valence-corrected chi connectivity index (χ4v) is 1.75. The molecule has 0 aliphatic heterocycles. The zero-order valence-electron chi connectivity index (χ0n) is 12.5. The predicted octanol–water partition coefficient (Wildman–Crippen LogP) is 1.32. The first kappa shape index (κ1) is 16.8. The third kappa shape index (κ3) is 4.67. The molecule has 0 amide bonds. The first-order valence-electron chi connectivity index (χ1n) is 6.85. The molecule has 5 heteroatoms. The molecule has 1 aromatic rings. The van der Waals surface area contributed by atoms with E-state index in [1.54, 1.807) is 25.3 Å². The van der Waals surface area contributed by atoms with Crippen molar-refractivity contribution in [3.05, 3.63) is 23.8 Å². The minimum atomic E-state index is -0.489. The highest BCUT2D eigenvalue weighted by molar-refractivity contribution is 5.42. The van der Waals surface area contributed by atoms with Gasteiger partial charge in [-0.05, 0) is 37.6 Å². The van der Waals surface area contributed by atoms with Crippen molar-refractivity contribution in [3.8, 4) is 11.5 Å². The number of nitrogens with one attached hydrogen (secondary N) is 1. The summed E-state index contributed by atoms with van der Waals surface area (Å²) < 4.78 is 11.0. The van der Waals surface area contributed by atoms with Crippen LogP contribution in [-0.2, 0) is 6.61 Å². The standard InChI is InChI=1S/C15H25NO4/c1-4-7-16-15(2,10-18)11-20-13-6-5-12(9-17)8-14(13)19-3/h5-6,8,16-18H,4,7,9-11H2,1-3H3. The maximum absolute atomic E-state index is 9.49. The van der Waals surface area contributed by atoms with Crippen molar-refractivity contribution in [2.24, 2.45) is 0 Å². The van der Waals surface area contributed by atoms with E-state index in [0.29, 0.717) is 18.1 Å². The van der Waals surface area contributed by atoms with Gasteiger partial charge < -0.3 is 25.0 Å². The molecule has 1 aromatic carbocycles. The summed E-state index contributed by atoms with van der Waals surface area (Å²) in [7, 11) is 1.56. The minimum absolute atomic E-state index is 0.00988. The summed E-state index contributed by atoms with van der Waals surface area (Å²) in [4.78, 5) is 0. The number of hydrogen-bond acceptors (Lipinski definition) is 5. The van der Waals surface area contributed by atoms with Crippen molar-refractivity contribution in [2.75, 3.05) is 26.9 Å². The fourth-order valence-electron chi connectivity index (χ4n) is 1.75. The summed E-state index contributed by atoms with van der Waals surface area (Å²) in [5.41, 5.74) is 0.277. The maximum Gasteiger partial charge on any atom is 0.161 e. The largest absolute Gasteiger partial charge is 0.493 e. The molecule has 114 valence electrons. The number of ether oxygens (including phenoxy) is 2. The third-order valence-corrected chi connectivity index (χ3v) is 3.11. The molecule has 0 aliphatic carbocycles. The number of methoxy groups -OCH3 is 1. The van der Waals surface area contributed by atoms with Gasteiger partial charge in [0.2, 0.25) is 0 Å². The number of hydrogen-bond donors (Lipinski definition) is 3. The van der Waals surface area contributed by atoms with E-state index in [1.165, 1.54) is 0 Å². The van der Waals surface area contributed by atoms with Gasteiger partial charge >= 0.3 is 0 Å². The zero-order chi connectivity index (χ0) is 15.0. The molecule has 0 heterocycles. The van der Waals surface area contributed by atoms with Crippen molar-refractivity contribution >= 4 is 0 Å². The summed E-state index contributed by atoms with van der Waals surface area (Å²) in [5.74, 6) is 1.18. The van der Waals surface area contributed by atoms with Gasteiger partial charge in [-0.15, -0.1) is 0 Å². The monoisotopic (exact) mass is 283 g/mol. The molecule has 0 aliphatic rings. The molecule has 1 rings (SSSR count). The van der Waals surface area contributed by atoms with Crippen LogP contribution in [-0.4, -0.2) is 42.6 Å². The van der Waals surface area contributed by atoms with Gasteiger partial charge in [0, 0.05) is 0 Å². The van der Waals surface area contributed by atoms with Crippen LogP contribution in [0.4, 0.5) is 0 Å². The SMILES string of the molecule is CCCNC(C)(CO)COc1ccc(CO)cc1OC. The van der Waals surface area contributed by atoms with Crippen LogP contribution in [0.3, 0.4) is 0 Å². The Morgan fingerprint density at radius 3 is 2.55 bits per heavy atom. The fraction of sp³-hybridized carbons (Fsp3) is 0.600. The van der Waals surface area contributed by atoms with E-state index in [-0.39, 0.29) is 13.2 Å². The second-order valence-electron chi connectivity index (χ2n) is 5.08. The Hall–Kier alpha value is -1.30. The molecule has 1 unspecified atom stereocenters. The van der Waals surface area contributed by atoms with Crippen LogP contribution in [0.25, 0.3) is 0 Å². The van der Waals surface area contributed by atoms with Crippen LogP contribution < -0.4 is 14.8 Å². The number of aliphatic hydroxyl groups excluding tert-OH is 2. The molecule has 20 heavy (non-hydrogen) atoms. The second kappa shape index (κ2) is 8.09. The molecule has 5 nitrogen and oxygen atoms in total. The van der Waals surface area contributed by atoms with Crippen LogP contribution >= 0.6 is 0 Å². The van der Waals surface area contributed by atoms with Crippen LogP contribution in [0.2, 0.25) is 0 Å². The van der Waals surface area contributed by atoms with E-state index < -0.39 is 5.54 Å². The molecular formula is C15H25NO4. The Balaban J connectivity index is 2.72. The molecule has 0 bridgehead atoms. The normalized spacial score (nSPS) is 13.8. The average molecular weight is 283 g/mol. The molecule has 0 saturated heterocycles. The van der Waals surface area contributed by atoms with Crippen molar-refractivity contribution < 1.29 is 19.7 Å². The number of rotatable bonds is 9. The van der Waals surface area contributed by atoms with E-state index in [9.17, 15) is 5.11 Å². The summed E-state index contributed by atoms with van der Waals surface area (Å²) in [6.07, 6.45) is 0.990. The Labute approximate surface area is 120 Å². The summed E-state index contributed by atoms with van der Waals surface area (Å²) in [6, 6.07) is 5.29.